The van der Waals surface area contributed by atoms with E-state index >= 15 is 0 Å². The standard InChI is InChI=1S/C11H12FNO4.ClH/c1-16-11(15)5-2-3-6(12)10-8(5)9(14)7(13)4-17-10;/h2-3,7,9,14H,4,13H2,1H3;1H. The molecule has 0 saturated heterocycles. The van der Waals surface area contributed by atoms with Gasteiger partial charge in [-0.15, -0.1) is 12.4 Å². The van der Waals surface area contributed by atoms with Crippen molar-refractivity contribution in [2.24, 2.45) is 5.73 Å². The third-order valence-electron chi connectivity index (χ3n) is 2.67. The topological polar surface area (TPSA) is 81.8 Å². The van der Waals surface area contributed by atoms with Crippen molar-refractivity contribution in [1.82, 2.24) is 0 Å². The van der Waals surface area contributed by atoms with Crippen molar-refractivity contribution in [1.29, 1.82) is 0 Å². The molecule has 0 saturated carbocycles. The molecular weight excluding hydrogens is 265 g/mol. The Bertz CT molecular complexity index is 469. The van der Waals surface area contributed by atoms with E-state index in [4.69, 9.17) is 10.5 Å². The molecule has 100 valence electrons. The van der Waals surface area contributed by atoms with E-state index < -0.39 is 23.9 Å². The highest BCUT2D eigenvalue weighted by Crippen LogP contribution is 2.36. The maximum absolute atomic E-state index is 13.5. The van der Waals surface area contributed by atoms with Gasteiger partial charge in [0.2, 0.25) is 0 Å². The first-order valence-corrected chi connectivity index (χ1v) is 5.03. The molecule has 0 fully saturated rings. The van der Waals surface area contributed by atoms with Gasteiger partial charge in [0.1, 0.15) is 12.7 Å². The summed E-state index contributed by atoms with van der Waals surface area (Å²) in [6.45, 7) is -0.00425. The van der Waals surface area contributed by atoms with E-state index in [2.05, 4.69) is 4.74 Å². The fourth-order valence-corrected chi connectivity index (χ4v) is 1.79. The molecule has 1 heterocycles. The van der Waals surface area contributed by atoms with Crippen molar-refractivity contribution in [2.45, 2.75) is 12.1 Å². The third-order valence-corrected chi connectivity index (χ3v) is 2.67. The maximum Gasteiger partial charge on any atom is 0.338 e. The quantitative estimate of drug-likeness (QED) is 0.742. The molecule has 2 rings (SSSR count). The molecule has 5 nitrogen and oxygen atoms in total. The monoisotopic (exact) mass is 277 g/mol. The number of carbonyl (C=O) groups is 1. The van der Waals surface area contributed by atoms with Gasteiger partial charge < -0.3 is 20.3 Å². The number of carbonyl (C=O) groups excluding carboxylic acids is 1. The normalized spacial score (nSPS) is 21.3. The second kappa shape index (κ2) is 5.51. The zero-order chi connectivity index (χ0) is 12.6. The number of aliphatic hydroxyl groups is 1. The minimum Gasteiger partial charge on any atom is -0.488 e. The lowest BCUT2D eigenvalue weighted by molar-refractivity contribution is 0.0569. The molecule has 2 unspecified atom stereocenters. The van der Waals surface area contributed by atoms with E-state index in [1.54, 1.807) is 0 Å². The van der Waals surface area contributed by atoms with Gasteiger partial charge >= 0.3 is 5.97 Å². The number of halogens is 2. The lowest BCUT2D eigenvalue weighted by Gasteiger charge is -2.29. The lowest BCUT2D eigenvalue weighted by Crippen LogP contribution is -2.39. The molecule has 3 N–H and O–H groups in total. The molecule has 0 bridgehead atoms. The van der Waals surface area contributed by atoms with Crippen LogP contribution in [0.15, 0.2) is 12.1 Å². The summed E-state index contributed by atoms with van der Waals surface area (Å²) < 4.78 is 23.2. The van der Waals surface area contributed by atoms with Crippen molar-refractivity contribution < 1.29 is 23.8 Å². The molecule has 7 heteroatoms. The largest absolute Gasteiger partial charge is 0.488 e. The van der Waals surface area contributed by atoms with Crippen molar-refractivity contribution in [2.75, 3.05) is 13.7 Å². The molecule has 0 radical (unpaired) electrons. The van der Waals surface area contributed by atoms with Crippen molar-refractivity contribution in [3.05, 3.63) is 29.1 Å². The van der Waals surface area contributed by atoms with E-state index in [-0.39, 0.29) is 35.9 Å². The van der Waals surface area contributed by atoms with E-state index in [1.807, 2.05) is 0 Å². The predicted octanol–water partition coefficient (Wildman–Crippen LogP) is 0.787. The Morgan fingerprint density at radius 2 is 2.28 bits per heavy atom. The number of hydrogen-bond donors (Lipinski definition) is 2. The van der Waals surface area contributed by atoms with Gasteiger partial charge in [-0.3, -0.25) is 0 Å². The fourth-order valence-electron chi connectivity index (χ4n) is 1.79. The fraction of sp³-hybridized carbons (Fsp3) is 0.364. The molecule has 0 amide bonds. The van der Waals surface area contributed by atoms with Crippen LogP contribution in [0.4, 0.5) is 4.39 Å². The molecule has 0 spiro atoms. The van der Waals surface area contributed by atoms with Crippen LogP contribution < -0.4 is 10.5 Å². The summed E-state index contributed by atoms with van der Waals surface area (Å²) in [5.74, 6) is -1.45. The van der Waals surface area contributed by atoms with E-state index in [0.717, 1.165) is 6.07 Å². The highest BCUT2D eigenvalue weighted by atomic mass is 35.5. The summed E-state index contributed by atoms with van der Waals surface area (Å²) in [7, 11) is 1.20. The number of benzene rings is 1. The highest BCUT2D eigenvalue weighted by molar-refractivity contribution is 5.92. The zero-order valence-corrected chi connectivity index (χ0v) is 10.4. The summed E-state index contributed by atoms with van der Waals surface area (Å²) in [4.78, 5) is 11.5. The van der Waals surface area contributed by atoms with Gasteiger partial charge in [-0.2, -0.15) is 0 Å². The SMILES string of the molecule is COC(=O)c1ccc(F)c2c1C(O)C(N)CO2.Cl. The maximum atomic E-state index is 13.5. The summed E-state index contributed by atoms with van der Waals surface area (Å²) in [6.07, 6.45) is -1.15. The Kier molecular flexibility index (Phi) is 4.50. The molecule has 2 atom stereocenters. The number of nitrogens with two attached hydrogens (primary N) is 1. The molecule has 1 aliphatic heterocycles. The van der Waals surface area contributed by atoms with Crippen LogP contribution in [0.3, 0.4) is 0 Å². The number of ether oxygens (including phenoxy) is 2. The number of hydrogen-bond acceptors (Lipinski definition) is 5. The number of fused-ring (bicyclic) bond motifs is 1. The Labute approximate surface area is 109 Å². The van der Waals surface area contributed by atoms with Crippen LogP contribution in [0.2, 0.25) is 0 Å². The van der Waals surface area contributed by atoms with Crippen LogP contribution in [-0.4, -0.2) is 30.8 Å². The average molecular weight is 278 g/mol. The number of methoxy groups -OCH3 is 1. The minimum absolute atomic E-state index is 0. The summed E-state index contributed by atoms with van der Waals surface area (Å²) >= 11 is 0. The highest BCUT2D eigenvalue weighted by Gasteiger charge is 2.33. The first kappa shape index (κ1) is 14.7. The molecule has 1 aliphatic rings. The molecule has 0 aromatic heterocycles. The molecule has 1 aromatic carbocycles. The van der Waals surface area contributed by atoms with Crippen LogP contribution in [0.25, 0.3) is 0 Å². The van der Waals surface area contributed by atoms with Crippen molar-refractivity contribution >= 4 is 18.4 Å². The second-order valence-electron chi connectivity index (χ2n) is 3.75. The molecular formula is C11H13ClFNO4. The van der Waals surface area contributed by atoms with Gasteiger partial charge in [0, 0.05) is 5.56 Å². The number of rotatable bonds is 1. The van der Waals surface area contributed by atoms with Crippen molar-refractivity contribution in [3.8, 4) is 5.75 Å². The minimum atomic E-state index is -1.15. The van der Waals surface area contributed by atoms with Crippen LogP contribution in [-0.2, 0) is 4.74 Å². The average Bonchev–Trinajstić information content (AvgIpc) is 2.33. The number of aliphatic hydroxyl groups excluding tert-OH is 1. The third kappa shape index (κ3) is 2.27. The van der Waals surface area contributed by atoms with Crippen LogP contribution in [0.1, 0.15) is 22.0 Å². The smallest absolute Gasteiger partial charge is 0.338 e. The molecule has 0 aliphatic carbocycles. The van der Waals surface area contributed by atoms with Crippen molar-refractivity contribution in [3.63, 3.8) is 0 Å². The first-order valence-electron chi connectivity index (χ1n) is 5.03. The Morgan fingerprint density at radius 1 is 1.61 bits per heavy atom. The lowest BCUT2D eigenvalue weighted by atomic mass is 9.94. The van der Waals surface area contributed by atoms with Gasteiger partial charge in [0.25, 0.3) is 0 Å². The van der Waals surface area contributed by atoms with Gasteiger partial charge in [0.05, 0.1) is 18.7 Å². The van der Waals surface area contributed by atoms with Gasteiger partial charge in [-0.1, -0.05) is 0 Å². The zero-order valence-electron chi connectivity index (χ0n) is 9.55. The summed E-state index contributed by atoms with van der Waals surface area (Å²) in [5.41, 5.74) is 5.72. The first-order chi connectivity index (χ1) is 8.06. The summed E-state index contributed by atoms with van der Waals surface area (Å²) in [6, 6.07) is 1.63. The molecule has 1 aromatic rings. The Hall–Kier alpha value is -1.37. The predicted molar refractivity (Wildman–Crippen MR) is 63.4 cm³/mol. The second-order valence-corrected chi connectivity index (χ2v) is 3.75. The van der Waals surface area contributed by atoms with E-state index in [0.29, 0.717) is 0 Å². The van der Waals surface area contributed by atoms with E-state index in [9.17, 15) is 14.3 Å². The Morgan fingerprint density at radius 3 is 2.89 bits per heavy atom. The van der Waals surface area contributed by atoms with Gasteiger partial charge in [-0.25, -0.2) is 9.18 Å². The summed E-state index contributed by atoms with van der Waals surface area (Å²) in [5, 5.41) is 9.90. The van der Waals surface area contributed by atoms with E-state index in [1.165, 1.54) is 13.2 Å². The molecule has 18 heavy (non-hydrogen) atoms. The van der Waals surface area contributed by atoms with Crippen LogP contribution >= 0.6 is 12.4 Å². The van der Waals surface area contributed by atoms with Crippen LogP contribution in [0.5, 0.6) is 5.75 Å². The van der Waals surface area contributed by atoms with Crippen LogP contribution in [0, 0.1) is 5.82 Å². The van der Waals surface area contributed by atoms with Gasteiger partial charge in [-0.05, 0) is 12.1 Å². The Balaban J connectivity index is 0.00000162. The van der Waals surface area contributed by atoms with Gasteiger partial charge in [0.15, 0.2) is 11.6 Å². The number of esters is 1.